The monoisotopic (exact) mass is 466 g/mol. The number of nitrogens with two attached hydrogens (primary N) is 1. The average molecular weight is 467 g/mol. The topological polar surface area (TPSA) is 88.8 Å². The maximum absolute atomic E-state index is 13.2. The molecular weight excluding hydrogens is 440 g/mol. The molecule has 1 aromatic heterocycles. The zero-order valence-electron chi connectivity index (χ0n) is 18.8. The number of hydrogen-bond donors (Lipinski definition) is 1. The minimum absolute atomic E-state index is 0.0962. The molecule has 0 aliphatic carbocycles. The van der Waals surface area contributed by atoms with E-state index in [-0.39, 0.29) is 18.0 Å². The maximum Gasteiger partial charge on any atom is 0.410 e. The van der Waals surface area contributed by atoms with E-state index in [4.69, 9.17) is 27.1 Å². The Morgan fingerprint density at radius 3 is 2.61 bits per heavy atom. The Morgan fingerprint density at radius 2 is 1.91 bits per heavy atom. The first-order valence-corrected chi connectivity index (χ1v) is 11.4. The highest BCUT2D eigenvalue weighted by atomic mass is 35.5. The molecule has 3 aromatic rings. The van der Waals surface area contributed by atoms with Gasteiger partial charge in [-0.1, -0.05) is 36.7 Å². The van der Waals surface area contributed by atoms with Crippen LogP contribution in [-0.4, -0.2) is 59.1 Å². The van der Waals surface area contributed by atoms with Crippen LogP contribution in [0, 0.1) is 0 Å². The molecule has 0 saturated carbocycles. The van der Waals surface area contributed by atoms with Crippen LogP contribution < -0.4 is 5.73 Å². The van der Waals surface area contributed by atoms with Gasteiger partial charge in [-0.3, -0.25) is 4.79 Å². The first-order chi connectivity index (χ1) is 15.9. The lowest BCUT2D eigenvalue weighted by Crippen LogP contribution is -2.55. The van der Waals surface area contributed by atoms with Crippen LogP contribution >= 0.6 is 11.6 Å². The van der Waals surface area contributed by atoms with Gasteiger partial charge in [-0.05, 0) is 43.7 Å². The summed E-state index contributed by atoms with van der Waals surface area (Å²) in [6.07, 6.45) is 0.453. The number of hydrogen-bond acceptors (Lipinski definition) is 5. The predicted molar refractivity (Wildman–Crippen MR) is 130 cm³/mol. The lowest BCUT2D eigenvalue weighted by Gasteiger charge is -2.39. The number of fused-ring (bicyclic) bond motifs is 1. The molecule has 2 amide bonds. The van der Waals surface area contributed by atoms with Gasteiger partial charge in [0, 0.05) is 47.9 Å². The van der Waals surface area contributed by atoms with Crippen molar-refractivity contribution in [1.82, 2.24) is 14.8 Å². The predicted octanol–water partition coefficient (Wildman–Crippen LogP) is 4.83. The van der Waals surface area contributed by atoms with Gasteiger partial charge < -0.3 is 20.3 Å². The lowest BCUT2D eigenvalue weighted by molar-refractivity contribution is 0.0412. The highest BCUT2D eigenvalue weighted by Crippen LogP contribution is 2.29. The highest BCUT2D eigenvalue weighted by Gasteiger charge is 2.31. The van der Waals surface area contributed by atoms with E-state index in [1.807, 2.05) is 50.2 Å². The summed E-state index contributed by atoms with van der Waals surface area (Å²) >= 11 is 6.52. The fourth-order valence-electron chi connectivity index (χ4n) is 3.99. The summed E-state index contributed by atoms with van der Waals surface area (Å²) in [4.78, 5) is 33.6. The number of ether oxygens (including phenoxy) is 1. The number of nitrogens with zero attached hydrogens (tertiary/aromatic N) is 3. The SMILES string of the molecule is CCCOC(=O)N1CCN(C(=O)c2ccc3c(Cl)cc(-c4ccc(N)cc4)nc3c2)C[C@H]1C. The fraction of sp³-hybridized carbons (Fsp3) is 0.320. The molecule has 33 heavy (non-hydrogen) atoms. The lowest BCUT2D eigenvalue weighted by atomic mass is 10.1. The van der Waals surface area contributed by atoms with E-state index in [2.05, 4.69) is 0 Å². The number of rotatable bonds is 4. The summed E-state index contributed by atoms with van der Waals surface area (Å²) in [6.45, 7) is 5.61. The Labute approximate surface area is 198 Å². The van der Waals surface area contributed by atoms with Gasteiger partial charge in [0.05, 0.1) is 22.8 Å². The number of nitrogen functional groups attached to an aromatic ring is 1. The van der Waals surface area contributed by atoms with Crippen molar-refractivity contribution in [3.8, 4) is 11.3 Å². The van der Waals surface area contributed by atoms with E-state index in [0.717, 1.165) is 17.4 Å². The number of carbonyl (C=O) groups excluding carboxylic acids is 2. The van der Waals surface area contributed by atoms with Crippen molar-refractivity contribution in [1.29, 1.82) is 0 Å². The molecule has 1 aliphatic rings. The standard InChI is InChI=1S/C25H27ClN4O3/c1-3-12-33-25(32)30-11-10-29(15-16(30)2)24(31)18-6-9-20-21(26)14-22(28-23(20)13-18)17-4-7-19(27)8-5-17/h4-9,13-14,16H,3,10-12,15,27H2,1-2H3/t16-/m1/s1. The van der Waals surface area contributed by atoms with Crippen LogP contribution in [-0.2, 0) is 4.74 Å². The summed E-state index contributed by atoms with van der Waals surface area (Å²) in [7, 11) is 0. The van der Waals surface area contributed by atoms with Crippen LogP contribution in [0.25, 0.3) is 22.2 Å². The zero-order chi connectivity index (χ0) is 23.5. The molecular formula is C25H27ClN4O3. The van der Waals surface area contributed by atoms with E-state index < -0.39 is 0 Å². The van der Waals surface area contributed by atoms with E-state index in [1.54, 1.807) is 21.9 Å². The quantitative estimate of drug-likeness (QED) is 0.556. The molecule has 7 nitrogen and oxygen atoms in total. The number of anilines is 1. The summed E-state index contributed by atoms with van der Waals surface area (Å²) < 4.78 is 5.25. The van der Waals surface area contributed by atoms with E-state index in [1.165, 1.54) is 0 Å². The molecule has 2 heterocycles. The average Bonchev–Trinajstić information content (AvgIpc) is 2.82. The van der Waals surface area contributed by atoms with Crippen LogP contribution in [0.4, 0.5) is 10.5 Å². The summed E-state index contributed by atoms with van der Waals surface area (Å²) in [5, 5.41) is 1.35. The smallest absolute Gasteiger partial charge is 0.410 e. The molecule has 0 unspecified atom stereocenters. The first kappa shape index (κ1) is 22.9. The first-order valence-electron chi connectivity index (χ1n) is 11.1. The number of pyridine rings is 1. The minimum Gasteiger partial charge on any atom is -0.449 e. The number of benzene rings is 2. The summed E-state index contributed by atoms with van der Waals surface area (Å²) in [6, 6.07) is 14.5. The van der Waals surface area contributed by atoms with Gasteiger partial charge in [0.1, 0.15) is 0 Å². The molecule has 1 atom stereocenters. The van der Waals surface area contributed by atoms with Gasteiger partial charge in [0.15, 0.2) is 0 Å². The molecule has 0 bridgehead atoms. The molecule has 1 fully saturated rings. The van der Waals surface area contributed by atoms with Gasteiger partial charge >= 0.3 is 6.09 Å². The third-order valence-corrected chi connectivity index (χ3v) is 6.10. The molecule has 172 valence electrons. The second-order valence-electron chi connectivity index (χ2n) is 8.25. The van der Waals surface area contributed by atoms with Gasteiger partial charge in [0.2, 0.25) is 0 Å². The number of halogens is 1. The van der Waals surface area contributed by atoms with Crippen LogP contribution in [0.1, 0.15) is 30.6 Å². The molecule has 2 N–H and O–H groups in total. The molecule has 1 aliphatic heterocycles. The number of piperazine rings is 1. The Kier molecular flexibility index (Phi) is 6.70. The Morgan fingerprint density at radius 1 is 1.15 bits per heavy atom. The van der Waals surface area contributed by atoms with Crippen molar-refractivity contribution < 1.29 is 14.3 Å². The number of amides is 2. The zero-order valence-corrected chi connectivity index (χ0v) is 19.5. The largest absolute Gasteiger partial charge is 0.449 e. The van der Waals surface area contributed by atoms with Gasteiger partial charge in [-0.25, -0.2) is 9.78 Å². The maximum atomic E-state index is 13.2. The Balaban J connectivity index is 1.55. The summed E-state index contributed by atoms with van der Waals surface area (Å²) in [5.41, 5.74) is 9.25. The molecule has 0 spiro atoms. The van der Waals surface area contributed by atoms with Gasteiger partial charge in [0.25, 0.3) is 5.91 Å². The van der Waals surface area contributed by atoms with Crippen molar-refractivity contribution in [3.05, 3.63) is 59.1 Å². The van der Waals surface area contributed by atoms with Crippen LogP contribution in [0.2, 0.25) is 5.02 Å². The van der Waals surface area contributed by atoms with E-state index in [0.29, 0.717) is 53.7 Å². The van der Waals surface area contributed by atoms with E-state index in [9.17, 15) is 9.59 Å². The highest BCUT2D eigenvalue weighted by molar-refractivity contribution is 6.35. The second kappa shape index (κ2) is 9.67. The van der Waals surface area contributed by atoms with Crippen LogP contribution in [0.15, 0.2) is 48.5 Å². The van der Waals surface area contributed by atoms with Crippen molar-refractivity contribution in [3.63, 3.8) is 0 Å². The van der Waals surface area contributed by atoms with Crippen LogP contribution in [0.5, 0.6) is 0 Å². The van der Waals surface area contributed by atoms with Crippen LogP contribution in [0.3, 0.4) is 0 Å². The van der Waals surface area contributed by atoms with Crippen molar-refractivity contribution in [2.24, 2.45) is 0 Å². The molecule has 4 rings (SSSR count). The third-order valence-electron chi connectivity index (χ3n) is 5.79. The van der Waals surface area contributed by atoms with Gasteiger partial charge in [-0.2, -0.15) is 0 Å². The summed E-state index contributed by atoms with van der Waals surface area (Å²) in [5.74, 6) is -0.0962. The van der Waals surface area contributed by atoms with Crippen molar-refractivity contribution in [2.75, 3.05) is 32.0 Å². The van der Waals surface area contributed by atoms with Crippen molar-refractivity contribution in [2.45, 2.75) is 26.3 Å². The second-order valence-corrected chi connectivity index (χ2v) is 8.66. The molecule has 1 saturated heterocycles. The molecule has 0 radical (unpaired) electrons. The van der Waals surface area contributed by atoms with Gasteiger partial charge in [-0.15, -0.1) is 0 Å². The van der Waals surface area contributed by atoms with E-state index >= 15 is 0 Å². The fourth-order valence-corrected chi connectivity index (χ4v) is 4.25. The normalized spacial score (nSPS) is 16.2. The number of carbonyl (C=O) groups is 2. The van der Waals surface area contributed by atoms with Crippen molar-refractivity contribution >= 4 is 40.2 Å². The third kappa shape index (κ3) is 4.88. The minimum atomic E-state index is -0.323. The number of aromatic nitrogens is 1. The molecule has 8 heteroatoms. The Bertz CT molecular complexity index is 1180. The molecule has 2 aromatic carbocycles. The Hall–Kier alpha value is -3.32.